The third-order valence-corrected chi connectivity index (χ3v) is 6.22. The van der Waals surface area contributed by atoms with Crippen molar-refractivity contribution < 1.29 is 9.13 Å². The fourth-order valence-corrected chi connectivity index (χ4v) is 4.22. The van der Waals surface area contributed by atoms with Crippen molar-refractivity contribution in [1.29, 1.82) is 0 Å². The van der Waals surface area contributed by atoms with Crippen molar-refractivity contribution in [2.24, 2.45) is 0 Å². The molecule has 0 aliphatic carbocycles. The molecule has 0 bridgehead atoms. The van der Waals surface area contributed by atoms with Crippen molar-refractivity contribution in [3.8, 4) is 22.7 Å². The average Bonchev–Trinajstić information content (AvgIpc) is 3.26. The monoisotopic (exact) mass is 448 g/mol. The van der Waals surface area contributed by atoms with Crippen LogP contribution in [0.5, 0.6) is 5.75 Å². The second-order valence-electron chi connectivity index (χ2n) is 8.27. The van der Waals surface area contributed by atoms with E-state index in [0.717, 1.165) is 42.1 Å². The summed E-state index contributed by atoms with van der Waals surface area (Å²) < 4.78 is 21.1. The van der Waals surface area contributed by atoms with E-state index in [2.05, 4.69) is 44.3 Å². The maximum Gasteiger partial charge on any atom is 0.276 e. The molecule has 0 radical (unpaired) electrons. The number of nitrogens with one attached hydrogen (secondary N) is 1. The van der Waals surface area contributed by atoms with Crippen molar-refractivity contribution in [1.82, 2.24) is 24.9 Å². The van der Waals surface area contributed by atoms with Crippen LogP contribution in [0.3, 0.4) is 0 Å². The van der Waals surface area contributed by atoms with Gasteiger partial charge in [-0.05, 0) is 38.2 Å². The van der Waals surface area contributed by atoms with Gasteiger partial charge in [-0.1, -0.05) is 18.2 Å². The third-order valence-electron chi connectivity index (χ3n) is 6.22. The quantitative estimate of drug-likeness (QED) is 0.517. The molecule has 2 aromatic heterocycles. The predicted octanol–water partition coefficient (Wildman–Crippen LogP) is 2.98. The minimum absolute atomic E-state index is 0.0208. The summed E-state index contributed by atoms with van der Waals surface area (Å²) in [6.45, 7) is 5.71. The lowest BCUT2D eigenvalue weighted by Gasteiger charge is -2.34. The number of rotatable bonds is 4. The fourth-order valence-electron chi connectivity index (χ4n) is 4.22. The number of likely N-dealkylation sites (N-methyl/N-ethyl adjacent to an activating group) is 1. The molecule has 33 heavy (non-hydrogen) atoms. The number of nitrogens with zero attached hydrogens (tertiary/aromatic N) is 5. The molecule has 0 saturated carbocycles. The molecule has 9 heteroatoms. The van der Waals surface area contributed by atoms with E-state index in [1.165, 1.54) is 19.2 Å². The van der Waals surface area contributed by atoms with Gasteiger partial charge in [-0.25, -0.2) is 4.39 Å². The molecule has 3 heterocycles. The fraction of sp³-hybridized carbons (Fsp3) is 0.292. The Morgan fingerprint density at radius 1 is 1.06 bits per heavy atom. The average molecular weight is 449 g/mol. The number of ether oxygens (including phenoxy) is 1. The van der Waals surface area contributed by atoms with Crippen LogP contribution in [0.25, 0.3) is 28.0 Å². The molecule has 1 aliphatic heterocycles. The van der Waals surface area contributed by atoms with E-state index in [1.54, 1.807) is 13.0 Å². The van der Waals surface area contributed by atoms with Gasteiger partial charge in [-0.3, -0.25) is 9.89 Å². The van der Waals surface area contributed by atoms with Gasteiger partial charge in [0, 0.05) is 43.0 Å². The zero-order valence-electron chi connectivity index (χ0n) is 18.8. The van der Waals surface area contributed by atoms with E-state index < -0.39 is 11.4 Å². The summed E-state index contributed by atoms with van der Waals surface area (Å²) >= 11 is 0. The highest BCUT2D eigenvalue weighted by Gasteiger charge is 2.21. The largest absolute Gasteiger partial charge is 0.494 e. The summed E-state index contributed by atoms with van der Waals surface area (Å²) in [5.74, 6) is -0.366. The Bertz CT molecular complexity index is 1370. The van der Waals surface area contributed by atoms with Gasteiger partial charge in [0.15, 0.2) is 5.82 Å². The van der Waals surface area contributed by atoms with Crippen molar-refractivity contribution >= 4 is 16.7 Å². The summed E-state index contributed by atoms with van der Waals surface area (Å²) in [4.78, 5) is 17.7. The number of aryl methyl sites for hydroxylation is 1. The Morgan fingerprint density at radius 3 is 2.48 bits per heavy atom. The van der Waals surface area contributed by atoms with Gasteiger partial charge in [-0.2, -0.15) is 14.9 Å². The second kappa shape index (κ2) is 8.32. The van der Waals surface area contributed by atoms with Crippen LogP contribution >= 0.6 is 0 Å². The molecule has 1 N–H and O–H groups in total. The normalized spacial score (nSPS) is 14.7. The first-order valence-corrected chi connectivity index (χ1v) is 10.8. The zero-order chi connectivity index (χ0) is 23.1. The highest BCUT2D eigenvalue weighted by molar-refractivity contribution is 5.91. The molecule has 170 valence electrons. The number of fused-ring (bicyclic) bond motifs is 1. The highest BCUT2D eigenvalue weighted by atomic mass is 19.1. The predicted molar refractivity (Wildman–Crippen MR) is 126 cm³/mol. The number of piperazine rings is 1. The van der Waals surface area contributed by atoms with Crippen LogP contribution in [-0.2, 0) is 0 Å². The SMILES string of the molecule is COc1cccc(F)c1-n1nc2c(-c3ccc(N4CCN(C)CC4)cc3)n[nH]c2c(C)c1=O. The first kappa shape index (κ1) is 21.1. The molecule has 0 atom stereocenters. The van der Waals surface area contributed by atoms with Gasteiger partial charge in [0.05, 0.1) is 12.6 Å². The number of anilines is 1. The number of aromatic amines is 1. The van der Waals surface area contributed by atoms with E-state index in [9.17, 15) is 9.18 Å². The first-order chi connectivity index (χ1) is 16.0. The standard InChI is InChI=1S/C24H25FN6O2/c1-15-20-22(28-31(24(15)32)23-18(25)5-4-6-19(23)33-3)21(27-26-20)16-7-9-17(10-8-16)30-13-11-29(2)12-14-30/h4-10,26H,11-14H2,1-3H3. The maximum absolute atomic E-state index is 14.7. The van der Waals surface area contributed by atoms with Crippen molar-refractivity contribution in [3.63, 3.8) is 0 Å². The summed E-state index contributed by atoms with van der Waals surface area (Å²) in [7, 11) is 3.56. The third kappa shape index (κ3) is 3.64. The Kier molecular flexibility index (Phi) is 5.33. The lowest BCUT2D eigenvalue weighted by molar-refractivity contribution is 0.313. The molecule has 8 nitrogen and oxygen atoms in total. The van der Waals surface area contributed by atoms with Gasteiger partial charge in [-0.15, -0.1) is 0 Å². The Balaban J connectivity index is 1.59. The van der Waals surface area contributed by atoms with E-state index in [-0.39, 0.29) is 11.4 Å². The zero-order valence-corrected chi connectivity index (χ0v) is 18.8. The van der Waals surface area contributed by atoms with Crippen molar-refractivity contribution in [2.75, 3.05) is 45.2 Å². The molecule has 4 aromatic rings. The number of benzene rings is 2. The van der Waals surface area contributed by atoms with Gasteiger partial charge >= 0.3 is 0 Å². The van der Waals surface area contributed by atoms with Crippen LogP contribution in [0.4, 0.5) is 10.1 Å². The number of hydrogen-bond donors (Lipinski definition) is 1. The van der Waals surface area contributed by atoms with Crippen molar-refractivity contribution in [3.05, 3.63) is 64.2 Å². The maximum atomic E-state index is 14.7. The summed E-state index contributed by atoms with van der Waals surface area (Å²) in [6, 6.07) is 12.5. The van der Waals surface area contributed by atoms with Gasteiger partial charge < -0.3 is 14.5 Å². The smallest absolute Gasteiger partial charge is 0.276 e. The summed E-state index contributed by atoms with van der Waals surface area (Å²) in [6.07, 6.45) is 0. The molecular formula is C24H25FN6O2. The Hall–Kier alpha value is -3.72. The molecule has 1 saturated heterocycles. The van der Waals surface area contributed by atoms with Crippen LogP contribution in [-0.4, -0.2) is 65.2 Å². The van der Waals surface area contributed by atoms with E-state index >= 15 is 0 Å². The van der Waals surface area contributed by atoms with Gasteiger partial charge in [0.1, 0.15) is 22.6 Å². The molecule has 1 fully saturated rings. The van der Waals surface area contributed by atoms with E-state index in [1.807, 2.05) is 12.1 Å². The Morgan fingerprint density at radius 2 is 1.79 bits per heavy atom. The molecular weight excluding hydrogens is 423 g/mol. The number of para-hydroxylation sites is 1. The summed E-state index contributed by atoms with van der Waals surface area (Å²) in [5.41, 5.74) is 3.58. The topological polar surface area (TPSA) is 79.3 Å². The Labute approximate surface area is 190 Å². The number of halogens is 1. The molecule has 5 rings (SSSR count). The van der Waals surface area contributed by atoms with Crippen LogP contribution in [0.1, 0.15) is 5.56 Å². The highest BCUT2D eigenvalue weighted by Crippen LogP contribution is 2.29. The van der Waals surface area contributed by atoms with Crippen LogP contribution < -0.4 is 15.2 Å². The lowest BCUT2D eigenvalue weighted by Crippen LogP contribution is -2.44. The van der Waals surface area contributed by atoms with E-state index in [4.69, 9.17) is 4.74 Å². The van der Waals surface area contributed by atoms with E-state index in [0.29, 0.717) is 22.3 Å². The number of H-pyrrole nitrogens is 1. The van der Waals surface area contributed by atoms with Crippen molar-refractivity contribution in [2.45, 2.75) is 6.92 Å². The number of hydrogen-bond acceptors (Lipinski definition) is 6. The molecule has 1 aliphatic rings. The van der Waals surface area contributed by atoms with Gasteiger partial charge in [0.2, 0.25) is 0 Å². The molecule has 0 unspecified atom stereocenters. The number of methoxy groups -OCH3 is 1. The minimum atomic E-state index is -0.593. The van der Waals surface area contributed by atoms with Crippen LogP contribution in [0.15, 0.2) is 47.3 Å². The second-order valence-corrected chi connectivity index (χ2v) is 8.27. The van der Waals surface area contributed by atoms with Gasteiger partial charge in [0.25, 0.3) is 5.56 Å². The molecule has 0 amide bonds. The first-order valence-electron chi connectivity index (χ1n) is 10.8. The minimum Gasteiger partial charge on any atom is -0.494 e. The number of aromatic nitrogens is 4. The lowest BCUT2D eigenvalue weighted by atomic mass is 10.1. The van der Waals surface area contributed by atoms with Crippen LogP contribution in [0.2, 0.25) is 0 Å². The van der Waals surface area contributed by atoms with Crippen LogP contribution in [0, 0.1) is 12.7 Å². The summed E-state index contributed by atoms with van der Waals surface area (Å²) in [5, 5.41) is 11.9. The molecule has 0 spiro atoms. The molecule has 2 aromatic carbocycles.